The van der Waals surface area contributed by atoms with Gasteiger partial charge in [-0.2, -0.15) is 0 Å². The van der Waals surface area contributed by atoms with Crippen molar-refractivity contribution in [1.29, 1.82) is 0 Å². The lowest BCUT2D eigenvalue weighted by Crippen LogP contribution is -2.09. The Morgan fingerprint density at radius 2 is 2.24 bits per heavy atom. The Morgan fingerprint density at radius 1 is 1.35 bits per heavy atom. The number of rotatable bonds is 2. The van der Waals surface area contributed by atoms with Gasteiger partial charge >= 0.3 is 0 Å². The highest BCUT2D eigenvalue weighted by Gasteiger charge is 2.30. The third-order valence-corrected chi connectivity index (χ3v) is 5.53. The molecule has 1 fully saturated rings. The van der Waals surface area contributed by atoms with Crippen LogP contribution in [0.3, 0.4) is 0 Å². The van der Waals surface area contributed by atoms with Crippen LogP contribution < -0.4 is 0 Å². The van der Waals surface area contributed by atoms with E-state index in [1.165, 1.54) is 35.6 Å². The molecule has 2 unspecified atom stereocenters. The molecule has 0 amide bonds. The zero-order chi connectivity index (χ0) is 11.8. The molecule has 2 nitrogen and oxygen atoms in total. The first-order chi connectivity index (χ1) is 8.28. The van der Waals surface area contributed by atoms with E-state index in [2.05, 4.69) is 11.9 Å². The molecule has 2 aliphatic carbocycles. The van der Waals surface area contributed by atoms with E-state index in [0.717, 1.165) is 24.5 Å². The Balaban J connectivity index is 1.83. The van der Waals surface area contributed by atoms with Crippen LogP contribution in [0.5, 0.6) is 0 Å². The van der Waals surface area contributed by atoms with Gasteiger partial charge < -0.3 is 0 Å². The van der Waals surface area contributed by atoms with Gasteiger partial charge in [0.15, 0.2) is 5.78 Å². The third kappa shape index (κ3) is 2.05. The molecule has 1 aromatic heterocycles. The number of hydrogen-bond acceptors (Lipinski definition) is 3. The van der Waals surface area contributed by atoms with Crippen LogP contribution in [0.25, 0.3) is 0 Å². The van der Waals surface area contributed by atoms with Crippen LogP contribution in [0, 0.1) is 5.92 Å². The second kappa shape index (κ2) is 4.52. The fraction of sp³-hybridized carbons (Fsp3) is 0.714. The molecule has 1 heterocycles. The van der Waals surface area contributed by atoms with E-state index in [0.29, 0.717) is 12.3 Å². The van der Waals surface area contributed by atoms with Crippen LogP contribution in [0.4, 0.5) is 0 Å². The molecule has 0 radical (unpaired) electrons. The number of carbonyl (C=O) groups excluding carboxylic acids is 1. The highest BCUT2D eigenvalue weighted by atomic mass is 32.1. The van der Waals surface area contributed by atoms with Gasteiger partial charge in [-0.15, -0.1) is 11.3 Å². The summed E-state index contributed by atoms with van der Waals surface area (Å²) in [5, 5.41) is 1.25. The van der Waals surface area contributed by atoms with Gasteiger partial charge in [0, 0.05) is 17.2 Å². The number of ketones is 1. The molecular weight excluding hydrogens is 230 g/mol. The number of Topliss-reactive ketones (excluding diaryl/α,β-unsaturated/α-hetero) is 1. The topological polar surface area (TPSA) is 30.0 Å². The number of fused-ring (bicyclic) bond motifs is 1. The van der Waals surface area contributed by atoms with Crippen LogP contribution in [0.2, 0.25) is 0 Å². The zero-order valence-electron chi connectivity index (χ0n) is 10.4. The van der Waals surface area contributed by atoms with Gasteiger partial charge in [0.2, 0.25) is 0 Å². The van der Waals surface area contributed by atoms with Crippen LogP contribution >= 0.6 is 11.3 Å². The summed E-state index contributed by atoms with van der Waals surface area (Å²) in [6.45, 7) is 2.28. The minimum absolute atomic E-state index is 0.277. The summed E-state index contributed by atoms with van der Waals surface area (Å²) in [5.74, 6) is 1.80. The van der Waals surface area contributed by atoms with E-state index >= 15 is 0 Å². The molecule has 2 atom stereocenters. The van der Waals surface area contributed by atoms with Gasteiger partial charge in [0.25, 0.3) is 0 Å². The number of thiazole rings is 1. The first-order valence-corrected chi connectivity index (χ1v) is 7.62. The summed E-state index contributed by atoms with van der Waals surface area (Å²) in [4.78, 5) is 17.7. The largest absolute Gasteiger partial charge is 0.292 e. The Bertz CT molecular complexity index is 437. The fourth-order valence-electron chi connectivity index (χ4n) is 3.13. The SMILES string of the molecule is CCC1CCC(c2nc3c(s2)CCCC3=O)C1. The molecule has 0 saturated heterocycles. The van der Waals surface area contributed by atoms with E-state index in [9.17, 15) is 4.79 Å². The summed E-state index contributed by atoms with van der Waals surface area (Å²) >= 11 is 1.82. The number of hydrogen-bond donors (Lipinski definition) is 0. The molecule has 0 N–H and O–H groups in total. The van der Waals surface area contributed by atoms with Crippen LogP contribution in [-0.4, -0.2) is 10.8 Å². The van der Waals surface area contributed by atoms with Crippen molar-refractivity contribution in [1.82, 2.24) is 4.98 Å². The standard InChI is InChI=1S/C14H19NOS/c1-2-9-6-7-10(8-9)14-15-13-11(16)4-3-5-12(13)17-14/h9-10H,2-8H2,1H3. The van der Waals surface area contributed by atoms with Gasteiger partial charge in [-0.25, -0.2) is 4.98 Å². The van der Waals surface area contributed by atoms with Crippen molar-refractivity contribution >= 4 is 17.1 Å². The molecule has 3 rings (SSSR count). The molecule has 92 valence electrons. The monoisotopic (exact) mass is 249 g/mol. The second-order valence-electron chi connectivity index (χ2n) is 5.38. The lowest BCUT2D eigenvalue weighted by atomic mass is 10.0. The molecule has 0 aliphatic heterocycles. The Morgan fingerprint density at radius 3 is 2.94 bits per heavy atom. The van der Waals surface area contributed by atoms with Crippen molar-refractivity contribution < 1.29 is 4.79 Å². The molecule has 2 aliphatic rings. The van der Waals surface area contributed by atoms with Crippen LogP contribution in [0.15, 0.2) is 0 Å². The van der Waals surface area contributed by atoms with Crippen molar-refractivity contribution in [2.75, 3.05) is 0 Å². The quantitative estimate of drug-likeness (QED) is 0.794. The van der Waals surface area contributed by atoms with Crippen LogP contribution in [-0.2, 0) is 6.42 Å². The van der Waals surface area contributed by atoms with E-state index in [-0.39, 0.29) is 5.78 Å². The minimum Gasteiger partial charge on any atom is -0.292 e. The first-order valence-electron chi connectivity index (χ1n) is 6.80. The van der Waals surface area contributed by atoms with Crippen molar-refractivity contribution in [3.8, 4) is 0 Å². The Kier molecular flexibility index (Phi) is 3.03. The summed E-state index contributed by atoms with van der Waals surface area (Å²) in [7, 11) is 0. The highest BCUT2D eigenvalue weighted by Crippen LogP contribution is 2.42. The molecule has 0 bridgehead atoms. The average molecular weight is 249 g/mol. The first kappa shape index (κ1) is 11.4. The van der Waals surface area contributed by atoms with E-state index in [1.54, 1.807) is 0 Å². The van der Waals surface area contributed by atoms with Gasteiger partial charge in [-0.3, -0.25) is 4.79 Å². The van der Waals surface area contributed by atoms with E-state index in [4.69, 9.17) is 0 Å². The minimum atomic E-state index is 0.277. The summed E-state index contributed by atoms with van der Waals surface area (Å²) in [6.07, 6.45) is 8.01. The Labute approximate surface area is 106 Å². The normalized spacial score (nSPS) is 28.4. The van der Waals surface area contributed by atoms with E-state index < -0.39 is 0 Å². The Hall–Kier alpha value is -0.700. The predicted molar refractivity (Wildman–Crippen MR) is 69.8 cm³/mol. The number of aryl methyl sites for hydroxylation is 1. The molecule has 1 saturated carbocycles. The number of aromatic nitrogens is 1. The van der Waals surface area contributed by atoms with Crippen molar-refractivity contribution in [3.63, 3.8) is 0 Å². The van der Waals surface area contributed by atoms with Crippen LogP contribution in [0.1, 0.15) is 71.7 Å². The van der Waals surface area contributed by atoms with Crippen molar-refractivity contribution in [2.45, 2.75) is 57.8 Å². The van der Waals surface area contributed by atoms with Gasteiger partial charge in [0.1, 0.15) is 5.69 Å². The number of nitrogens with zero attached hydrogens (tertiary/aromatic N) is 1. The highest BCUT2D eigenvalue weighted by molar-refractivity contribution is 7.12. The summed E-state index contributed by atoms with van der Waals surface area (Å²) in [5.41, 5.74) is 0.816. The van der Waals surface area contributed by atoms with Crippen molar-refractivity contribution in [2.24, 2.45) is 5.92 Å². The maximum absolute atomic E-state index is 11.8. The summed E-state index contributed by atoms with van der Waals surface area (Å²) in [6, 6.07) is 0. The fourth-order valence-corrected chi connectivity index (χ4v) is 4.40. The lowest BCUT2D eigenvalue weighted by Gasteiger charge is -2.06. The summed E-state index contributed by atoms with van der Waals surface area (Å²) < 4.78 is 0. The molecule has 0 spiro atoms. The average Bonchev–Trinajstić information content (AvgIpc) is 2.95. The molecular formula is C14H19NOS. The smallest absolute Gasteiger partial charge is 0.182 e. The molecule has 3 heteroatoms. The molecule has 1 aromatic rings. The van der Waals surface area contributed by atoms with E-state index in [1.807, 2.05) is 11.3 Å². The zero-order valence-corrected chi connectivity index (χ0v) is 11.2. The maximum atomic E-state index is 11.8. The second-order valence-corrected chi connectivity index (χ2v) is 6.50. The molecule has 0 aromatic carbocycles. The van der Waals surface area contributed by atoms with Gasteiger partial charge in [-0.1, -0.05) is 13.3 Å². The third-order valence-electron chi connectivity index (χ3n) is 4.25. The van der Waals surface area contributed by atoms with Gasteiger partial charge in [-0.05, 0) is 38.0 Å². The van der Waals surface area contributed by atoms with Crippen molar-refractivity contribution in [3.05, 3.63) is 15.6 Å². The lowest BCUT2D eigenvalue weighted by molar-refractivity contribution is 0.0968. The predicted octanol–water partition coefficient (Wildman–Crippen LogP) is 3.96. The van der Waals surface area contributed by atoms with Gasteiger partial charge in [0.05, 0.1) is 5.01 Å². The maximum Gasteiger partial charge on any atom is 0.182 e. The molecule has 17 heavy (non-hydrogen) atoms. The number of carbonyl (C=O) groups is 1.